The van der Waals surface area contributed by atoms with Crippen molar-refractivity contribution in [2.45, 2.75) is 20.8 Å². The van der Waals surface area contributed by atoms with Crippen LogP contribution < -0.4 is 10.2 Å². The van der Waals surface area contributed by atoms with Gasteiger partial charge in [-0.2, -0.15) is 0 Å². The van der Waals surface area contributed by atoms with Crippen LogP contribution in [0.5, 0.6) is 0 Å². The van der Waals surface area contributed by atoms with Crippen molar-refractivity contribution in [3.63, 3.8) is 0 Å². The SMILES string of the molecule is Cc1cc(N2C(=O)NC(=O)/C(=C\c3cc(C)n(-c4cccc(F)c4)c3C)C2=O)ccc1Br. The minimum Gasteiger partial charge on any atom is -0.318 e. The topological polar surface area (TPSA) is 71.4 Å². The average molecular weight is 496 g/mol. The number of rotatable bonds is 3. The third-order valence-corrected chi connectivity index (χ3v) is 6.23. The van der Waals surface area contributed by atoms with Crippen LogP contribution in [0, 0.1) is 26.6 Å². The first-order valence-corrected chi connectivity index (χ1v) is 10.6. The van der Waals surface area contributed by atoms with Crippen molar-refractivity contribution in [2.75, 3.05) is 4.90 Å². The van der Waals surface area contributed by atoms with Gasteiger partial charge in [-0.25, -0.2) is 14.1 Å². The summed E-state index contributed by atoms with van der Waals surface area (Å²) in [6.45, 7) is 5.50. The normalized spacial score (nSPS) is 15.5. The van der Waals surface area contributed by atoms with Gasteiger partial charge in [0.2, 0.25) is 0 Å². The number of nitrogens with zero attached hydrogens (tertiary/aromatic N) is 2. The minimum atomic E-state index is -0.802. The van der Waals surface area contributed by atoms with Gasteiger partial charge in [-0.15, -0.1) is 0 Å². The Morgan fingerprint density at radius 2 is 1.72 bits per heavy atom. The summed E-state index contributed by atoms with van der Waals surface area (Å²) in [5, 5.41) is 2.23. The van der Waals surface area contributed by atoms with Crippen LogP contribution in [0.25, 0.3) is 11.8 Å². The molecule has 0 atom stereocenters. The third kappa shape index (κ3) is 3.78. The standard InChI is InChI=1S/C24H19BrFN3O3/c1-13-9-19(7-8-21(13)25)29-23(31)20(22(30)27-24(29)32)11-16-10-14(2)28(15(16)3)18-6-4-5-17(26)12-18/h4-12H,1-3H3,(H,27,30,32)/b20-11+. The number of barbiturate groups is 1. The van der Waals surface area contributed by atoms with Gasteiger partial charge in [0.15, 0.2) is 0 Å². The second-order valence-corrected chi connectivity index (χ2v) is 8.39. The van der Waals surface area contributed by atoms with Crippen LogP contribution >= 0.6 is 15.9 Å². The maximum atomic E-state index is 13.7. The highest BCUT2D eigenvalue weighted by molar-refractivity contribution is 9.10. The molecule has 0 saturated carbocycles. The van der Waals surface area contributed by atoms with Crippen LogP contribution in [0.3, 0.4) is 0 Å². The number of hydrogen-bond donors (Lipinski definition) is 1. The minimum absolute atomic E-state index is 0.162. The van der Waals surface area contributed by atoms with E-state index in [2.05, 4.69) is 21.2 Å². The van der Waals surface area contributed by atoms with E-state index < -0.39 is 17.8 Å². The first-order chi connectivity index (χ1) is 15.2. The molecule has 2 heterocycles. The molecule has 32 heavy (non-hydrogen) atoms. The summed E-state index contributed by atoms with van der Waals surface area (Å²) < 4.78 is 16.4. The maximum Gasteiger partial charge on any atom is 0.335 e. The fraction of sp³-hybridized carbons (Fsp3) is 0.125. The molecule has 0 spiro atoms. The Kier molecular flexibility index (Phi) is 5.56. The fourth-order valence-electron chi connectivity index (χ4n) is 3.76. The van der Waals surface area contributed by atoms with E-state index in [1.54, 1.807) is 36.4 Å². The summed E-state index contributed by atoms with van der Waals surface area (Å²) in [5.41, 5.74) is 3.81. The molecular weight excluding hydrogens is 477 g/mol. The Hall–Kier alpha value is -3.52. The number of anilines is 1. The van der Waals surface area contributed by atoms with E-state index in [-0.39, 0.29) is 11.4 Å². The number of imide groups is 2. The van der Waals surface area contributed by atoms with Crippen molar-refractivity contribution >= 4 is 45.5 Å². The molecule has 1 aliphatic heterocycles. The van der Waals surface area contributed by atoms with E-state index in [1.807, 2.05) is 25.3 Å². The van der Waals surface area contributed by atoms with Crippen molar-refractivity contribution in [2.24, 2.45) is 0 Å². The smallest absolute Gasteiger partial charge is 0.318 e. The van der Waals surface area contributed by atoms with Crippen molar-refractivity contribution in [3.05, 3.63) is 86.9 Å². The molecule has 2 aromatic carbocycles. The summed E-state index contributed by atoms with van der Waals surface area (Å²) in [5.74, 6) is -1.84. The van der Waals surface area contributed by atoms with Crippen molar-refractivity contribution < 1.29 is 18.8 Å². The summed E-state index contributed by atoms with van der Waals surface area (Å²) in [6, 6.07) is 12.2. The average Bonchev–Trinajstić information content (AvgIpc) is 3.00. The van der Waals surface area contributed by atoms with E-state index in [4.69, 9.17) is 0 Å². The highest BCUT2D eigenvalue weighted by Crippen LogP contribution is 2.28. The number of nitrogens with one attached hydrogen (secondary N) is 1. The molecule has 1 N–H and O–H groups in total. The van der Waals surface area contributed by atoms with Gasteiger partial charge in [0, 0.05) is 21.5 Å². The first kappa shape index (κ1) is 21.7. The Bertz CT molecular complexity index is 1330. The summed E-state index contributed by atoms with van der Waals surface area (Å²) >= 11 is 3.39. The summed E-state index contributed by atoms with van der Waals surface area (Å²) in [4.78, 5) is 39.1. The van der Waals surface area contributed by atoms with Crippen molar-refractivity contribution in [1.82, 2.24) is 9.88 Å². The number of carbonyl (C=O) groups excluding carboxylic acids is 3. The number of amides is 4. The highest BCUT2D eigenvalue weighted by Gasteiger charge is 2.37. The van der Waals surface area contributed by atoms with E-state index in [1.165, 1.54) is 18.2 Å². The number of benzene rings is 2. The molecule has 1 fully saturated rings. The molecule has 0 unspecified atom stereocenters. The first-order valence-electron chi connectivity index (χ1n) is 9.80. The molecule has 4 rings (SSSR count). The zero-order chi connectivity index (χ0) is 23.2. The van der Waals surface area contributed by atoms with Gasteiger partial charge >= 0.3 is 6.03 Å². The molecule has 4 amide bonds. The van der Waals surface area contributed by atoms with Gasteiger partial charge in [0.1, 0.15) is 11.4 Å². The molecule has 0 bridgehead atoms. The molecule has 162 valence electrons. The molecule has 3 aromatic rings. The zero-order valence-electron chi connectivity index (χ0n) is 17.6. The Labute approximate surface area is 192 Å². The number of aryl methyl sites for hydroxylation is 2. The Morgan fingerprint density at radius 3 is 2.41 bits per heavy atom. The zero-order valence-corrected chi connectivity index (χ0v) is 19.2. The van der Waals surface area contributed by atoms with E-state index in [9.17, 15) is 18.8 Å². The lowest BCUT2D eigenvalue weighted by Gasteiger charge is -2.26. The number of carbonyl (C=O) groups is 3. The van der Waals surface area contributed by atoms with Gasteiger partial charge < -0.3 is 4.57 Å². The van der Waals surface area contributed by atoms with Gasteiger partial charge in [0.05, 0.1) is 5.69 Å². The Morgan fingerprint density at radius 1 is 0.969 bits per heavy atom. The van der Waals surface area contributed by atoms with Gasteiger partial charge in [0.25, 0.3) is 11.8 Å². The lowest BCUT2D eigenvalue weighted by Crippen LogP contribution is -2.54. The van der Waals surface area contributed by atoms with E-state index in [0.717, 1.165) is 26.3 Å². The molecular formula is C24H19BrFN3O3. The number of urea groups is 1. The van der Waals surface area contributed by atoms with E-state index >= 15 is 0 Å². The lowest BCUT2D eigenvalue weighted by molar-refractivity contribution is -0.122. The highest BCUT2D eigenvalue weighted by atomic mass is 79.9. The molecule has 1 aromatic heterocycles. The van der Waals surface area contributed by atoms with E-state index in [0.29, 0.717) is 16.9 Å². The molecule has 0 aliphatic carbocycles. The van der Waals surface area contributed by atoms with Gasteiger partial charge in [-0.3, -0.25) is 14.9 Å². The largest absolute Gasteiger partial charge is 0.335 e. The van der Waals surface area contributed by atoms with Crippen LogP contribution in [0.2, 0.25) is 0 Å². The molecule has 8 heteroatoms. The predicted molar refractivity (Wildman–Crippen MR) is 123 cm³/mol. The molecule has 1 aliphatic rings. The number of hydrogen-bond acceptors (Lipinski definition) is 3. The predicted octanol–water partition coefficient (Wildman–Crippen LogP) is 4.97. The maximum absolute atomic E-state index is 13.7. The molecule has 0 radical (unpaired) electrons. The fourth-order valence-corrected chi connectivity index (χ4v) is 4.01. The van der Waals surface area contributed by atoms with Crippen LogP contribution in [0.4, 0.5) is 14.9 Å². The molecule has 1 saturated heterocycles. The third-order valence-electron chi connectivity index (χ3n) is 5.34. The van der Waals surface area contributed by atoms with Gasteiger partial charge in [-0.05, 0) is 80.4 Å². The second kappa shape index (κ2) is 8.20. The monoisotopic (exact) mass is 495 g/mol. The van der Waals surface area contributed by atoms with Crippen LogP contribution in [0.1, 0.15) is 22.5 Å². The summed E-state index contributed by atoms with van der Waals surface area (Å²) in [6.07, 6.45) is 1.46. The summed E-state index contributed by atoms with van der Waals surface area (Å²) in [7, 11) is 0. The van der Waals surface area contributed by atoms with Crippen LogP contribution in [-0.4, -0.2) is 22.4 Å². The van der Waals surface area contributed by atoms with Crippen LogP contribution in [0.15, 0.2) is 58.6 Å². The van der Waals surface area contributed by atoms with Crippen molar-refractivity contribution in [3.8, 4) is 5.69 Å². The molecule has 6 nitrogen and oxygen atoms in total. The van der Waals surface area contributed by atoms with Crippen molar-refractivity contribution in [1.29, 1.82) is 0 Å². The lowest BCUT2D eigenvalue weighted by atomic mass is 10.1. The quantitative estimate of drug-likeness (QED) is 0.411. The number of aromatic nitrogens is 1. The Balaban J connectivity index is 1.77. The van der Waals surface area contributed by atoms with Crippen LogP contribution in [-0.2, 0) is 9.59 Å². The second-order valence-electron chi connectivity index (χ2n) is 7.53. The van der Waals surface area contributed by atoms with Gasteiger partial charge in [-0.1, -0.05) is 22.0 Å². The number of halogens is 2.